The Morgan fingerprint density at radius 2 is 1.65 bits per heavy atom. The number of anilines is 1. The zero-order chi connectivity index (χ0) is 21.4. The number of amides is 2. The lowest BCUT2D eigenvalue weighted by Crippen LogP contribution is -2.28. The molecule has 0 aromatic heterocycles. The highest BCUT2D eigenvalue weighted by Gasteiger charge is 2.30. The van der Waals surface area contributed by atoms with Crippen LogP contribution in [0.25, 0.3) is 10.8 Å². The third-order valence-corrected chi connectivity index (χ3v) is 5.75. The lowest BCUT2D eigenvalue weighted by atomic mass is 10.0. The summed E-state index contributed by atoms with van der Waals surface area (Å²) in [6.45, 7) is 2.97. The van der Waals surface area contributed by atoms with E-state index in [0.29, 0.717) is 36.0 Å². The van der Waals surface area contributed by atoms with E-state index >= 15 is 0 Å². The summed E-state index contributed by atoms with van der Waals surface area (Å²) in [4.78, 5) is 25.6. The third-order valence-electron chi connectivity index (χ3n) is 5.75. The first kappa shape index (κ1) is 19.4. The average Bonchev–Trinajstić information content (AvgIpc) is 3.64. The first-order chi connectivity index (χ1) is 15.1. The van der Waals surface area contributed by atoms with Crippen LogP contribution in [-0.2, 0) is 4.79 Å². The van der Waals surface area contributed by atoms with Crippen LogP contribution in [0.1, 0.15) is 41.7 Å². The van der Waals surface area contributed by atoms with E-state index in [1.54, 1.807) is 0 Å². The van der Waals surface area contributed by atoms with Crippen molar-refractivity contribution in [1.29, 1.82) is 0 Å². The summed E-state index contributed by atoms with van der Waals surface area (Å²) < 4.78 is 11.2. The lowest BCUT2D eigenvalue weighted by Gasteiger charge is -2.21. The molecule has 1 unspecified atom stereocenters. The Morgan fingerprint density at radius 1 is 0.935 bits per heavy atom. The maximum Gasteiger partial charge on any atom is 0.253 e. The Balaban J connectivity index is 1.42. The Hall–Kier alpha value is -3.54. The predicted octanol–water partition coefficient (Wildman–Crippen LogP) is 4.45. The molecule has 0 spiro atoms. The molecule has 1 aliphatic carbocycles. The van der Waals surface area contributed by atoms with Gasteiger partial charge in [0.1, 0.15) is 13.2 Å². The fraction of sp³-hybridized carbons (Fsp3) is 0.280. The highest BCUT2D eigenvalue weighted by molar-refractivity contribution is 6.08. The van der Waals surface area contributed by atoms with Crippen LogP contribution in [0.3, 0.4) is 0 Å². The molecule has 6 heteroatoms. The third kappa shape index (κ3) is 4.06. The number of ether oxygens (including phenoxy) is 2. The van der Waals surface area contributed by atoms with Gasteiger partial charge in [0.05, 0.1) is 17.3 Å². The second kappa shape index (κ2) is 7.95. The average molecular weight is 416 g/mol. The Bertz CT molecular complexity index is 1170. The Kier molecular flexibility index (Phi) is 4.98. The molecule has 6 nitrogen and oxygen atoms in total. The topological polar surface area (TPSA) is 76.7 Å². The summed E-state index contributed by atoms with van der Waals surface area (Å²) in [5.41, 5.74) is 1.92. The minimum atomic E-state index is -0.248. The van der Waals surface area contributed by atoms with Crippen molar-refractivity contribution in [1.82, 2.24) is 5.32 Å². The summed E-state index contributed by atoms with van der Waals surface area (Å²) in [6, 6.07) is 17.0. The van der Waals surface area contributed by atoms with E-state index in [0.717, 1.165) is 29.2 Å². The van der Waals surface area contributed by atoms with Crippen LogP contribution in [0, 0.1) is 5.92 Å². The molecule has 0 radical (unpaired) electrons. The quantitative estimate of drug-likeness (QED) is 0.644. The van der Waals surface area contributed by atoms with E-state index < -0.39 is 0 Å². The molecule has 2 amide bonds. The summed E-state index contributed by atoms with van der Waals surface area (Å²) >= 11 is 0. The van der Waals surface area contributed by atoms with Gasteiger partial charge in [-0.2, -0.15) is 0 Å². The van der Waals surface area contributed by atoms with E-state index in [-0.39, 0.29) is 23.8 Å². The van der Waals surface area contributed by atoms with Gasteiger partial charge in [0.25, 0.3) is 5.91 Å². The van der Waals surface area contributed by atoms with E-state index in [4.69, 9.17) is 9.47 Å². The first-order valence-corrected chi connectivity index (χ1v) is 10.6. The summed E-state index contributed by atoms with van der Waals surface area (Å²) in [5.74, 6) is 1.20. The predicted molar refractivity (Wildman–Crippen MR) is 119 cm³/mol. The molecule has 0 saturated heterocycles. The fourth-order valence-electron chi connectivity index (χ4n) is 3.80. The standard InChI is InChI=1S/C25H24N2O4/c1-15(17-8-9-22-23(14-17)31-11-10-30-22)26-25(29)20-12-18-4-2-3-5-19(18)13-21(20)27-24(28)16-6-7-16/h2-5,8-9,12-16H,6-7,10-11H2,1H3,(H,26,29)(H,27,28). The van der Waals surface area contributed by atoms with Gasteiger partial charge in [-0.05, 0) is 60.4 Å². The van der Waals surface area contributed by atoms with Crippen molar-refractivity contribution in [2.24, 2.45) is 5.92 Å². The van der Waals surface area contributed by atoms with Gasteiger partial charge in [-0.25, -0.2) is 0 Å². The molecule has 2 N–H and O–H groups in total. The zero-order valence-electron chi connectivity index (χ0n) is 17.3. The number of carbonyl (C=O) groups excluding carboxylic acids is 2. The Labute approximate surface area is 180 Å². The molecule has 1 atom stereocenters. The minimum Gasteiger partial charge on any atom is -0.486 e. The molecule has 3 aromatic rings. The molecule has 3 aromatic carbocycles. The van der Waals surface area contributed by atoms with Gasteiger partial charge in [-0.1, -0.05) is 30.3 Å². The van der Waals surface area contributed by atoms with E-state index in [1.807, 2.05) is 61.5 Å². The second-order valence-corrected chi connectivity index (χ2v) is 8.11. The van der Waals surface area contributed by atoms with Gasteiger partial charge in [0.15, 0.2) is 11.5 Å². The number of nitrogens with one attached hydrogen (secondary N) is 2. The molecule has 2 aliphatic rings. The van der Waals surface area contributed by atoms with Crippen LogP contribution >= 0.6 is 0 Å². The van der Waals surface area contributed by atoms with Crippen LogP contribution in [0.2, 0.25) is 0 Å². The number of fused-ring (bicyclic) bond motifs is 2. The minimum absolute atomic E-state index is 0.0239. The summed E-state index contributed by atoms with van der Waals surface area (Å²) in [5, 5.41) is 7.94. The largest absolute Gasteiger partial charge is 0.486 e. The van der Waals surface area contributed by atoms with Crippen molar-refractivity contribution < 1.29 is 19.1 Å². The summed E-state index contributed by atoms with van der Waals surface area (Å²) in [7, 11) is 0. The first-order valence-electron chi connectivity index (χ1n) is 10.6. The van der Waals surface area contributed by atoms with Gasteiger partial charge in [0.2, 0.25) is 5.91 Å². The molecule has 1 heterocycles. The van der Waals surface area contributed by atoms with Crippen molar-refractivity contribution >= 4 is 28.3 Å². The van der Waals surface area contributed by atoms with Gasteiger partial charge >= 0.3 is 0 Å². The number of benzene rings is 3. The normalized spacial score (nSPS) is 15.9. The molecular weight excluding hydrogens is 392 g/mol. The van der Waals surface area contributed by atoms with E-state index in [9.17, 15) is 9.59 Å². The molecule has 0 bridgehead atoms. The van der Waals surface area contributed by atoms with Gasteiger partial charge in [-0.15, -0.1) is 0 Å². The maximum atomic E-state index is 13.2. The van der Waals surface area contributed by atoms with Crippen LogP contribution in [0.4, 0.5) is 5.69 Å². The summed E-state index contributed by atoms with van der Waals surface area (Å²) in [6.07, 6.45) is 1.81. The van der Waals surface area contributed by atoms with Crippen LogP contribution in [-0.4, -0.2) is 25.0 Å². The molecular formula is C25H24N2O4. The number of carbonyl (C=O) groups is 2. The van der Waals surface area contributed by atoms with E-state index in [2.05, 4.69) is 10.6 Å². The molecule has 1 saturated carbocycles. The number of hydrogen-bond acceptors (Lipinski definition) is 4. The van der Waals surface area contributed by atoms with Crippen molar-refractivity contribution in [2.45, 2.75) is 25.8 Å². The lowest BCUT2D eigenvalue weighted by molar-refractivity contribution is -0.117. The van der Waals surface area contributed by atoms with E-state index in [1.165, 1.54) is 0 Å². The van der Waals surface area contributed by atoms with Crippen molar-refractivity contribution in [3.63, 3.8) is 0 Å². The van der Waals surface area contributed by atoms with Crippen LogP contribution < -0.4 is 20.1 Å². The smallest absolute Gasteiger partial charge is 0.253 e. The zero-order valence-corrected chi connectivity index (χ0v) is 17.3. The van der Waals surface area contributed by atoms with Gasteiger partial charge < -0.3 is 20.1 Å². The van der Waals surface area contributed by atoms with Crippen LogP contribution in [0.15, 0.2) is 54.6 Å². The molecule has 31 heavy (non-hydrogen) atoms. The van der Waals surface area contributed by atoms with Crippen molar-refractivity contribution in [3.8, 4) is 11.5 Å². The molecule has 5 rings (SSSR count). The van der Waals surface area contributed by atoms with Crippen LogP contribution in [0.5, 0.6) is 11.5 Å². The maximum absolute atomic E-state index is 13.2. The van der Waals surface area contributed by atoms with Gasteiger partial charge in [0, 0.05) is 5.92 Å². The second-order valence-electron chi connectivity index (χ2n) is 8.11. The molecule has 1 aliphatic heterocycles. The SMILES string of the molecule is CC(NC(=O)c1cc2ccccc2cc1NC(=O)C1CC1)c1ccc2c(c1)OCCO2. The monoisotopic (exact) mass is 416 g/mol. The van der Waals surface area contributed by atoms with Gasteiger partial charge in [-0.3, -0.25) is 9.59 Å². The Morgan fingerprint density at radius 3 is 2.39 bits per heavy atom. The molecule has 1 fully saturated rings. The molecule has 158 valence electrons. The number of hydrogen-bond donors (Lipinski definition) is 2. The fourth-order valence-corrected chi connectivity index (χ4v) is 3.80. The van der Waals surface area contributed by atoms with Crippen molar-refractivity contribution in [3.05, 3.63) is 65.7 Å². The van der Waals surface area contributed by atoms with Crippen molar-refractivity contribution in [2.75, 3.05) is 18.5 Å². The highest BCUT2D eigenvalue weighted by Crippen LogP contribution is 2.34. The number of rotatable bonds is 5. The highest BCUT2D eigenvalue weighted by atomic mass is 16.6.